The number of carbonyl (C=O) groups excluding carboxylic acids is 3. The highest BCUT2D eigenvalue weighted by atomic mass is 16.2. The van der Waals surface area contributed by atoms with Crippen LogP contribution in [0.5, 0.6) is 0 Å². The molecule has 1 amide bonds. The molecule has 1 N–H and O–H groups in total. The van der Waals surface area contributed by atoms with Crippen LogP contribution in [0.15, 0.2) is 11.8 Å². The average molecular weight is 167 g/mol. The Kier molecular flexibility index (Phi) is 2.08. The summed E-state index contributed by atoms with van der Waals surface area (Å²) in [5, 5.41) is 2.42. The number of allylic oxidation sites excluding steroid dienone is 2. The number of ketones is 2. The Labute approximate surface area is 69.6 Å². The average Bonchev–Trinajstić information content (AvgIpc) is 1.82. The van der Waals surface area contributed by atoms with E-state index in [-0.39, 0.29) is 0 Å². The molecule has 1 aliphatic rings. The Balaban J connectivity index is 2.98. The summed E-state index contributed by atoms with van der Waals surface area (Å²) in [5.74, 6) is -2.49. The van der Waals surface area contributed by atoms with Crippen LogP contribution < -0.4 is 5.32 Å². The summed E-state index contributed by atoms with van der Waals surface area (Å²) in [6, 6.07) is 0. The van der Waals surface area contributed by atoms with Crippen LogP contribution in [0.3, 0.4) is 0 Å². The van der Waals surface area contributed by atoms with Crippen LogP contribution in [0.25, 0.3) is 0 Å². The van der Waals surface area contributed by atoms with Crippen LogP contribution in [0, 0.1) is 5.92 Å². The quantitative estimate of drug-likeness (QED) is 0.550. The second-order valence-corrected chi connectivity index (χ2v) is 2.76. The lowest BCUT2D eigenvalue weighted by atomic mass is 9.95. The molecule has 1 unspecified atom stereocenters. The van der Waals surface area contributed by atoms with Gasteiger partial charge in [-0.2, -0.15) is 0 Å². The van der Waals surface area contributed by atoms with Gasteiger partial charge in [-0.05, 0) is 13.8 Å². The molecule has 0 aromatic rings. The minimum atomic E-state index is -1.13. The molecule has 12 heavy (non-hydrogen) atoms. The molecule has 0 radical (unpaired) electrons. The van der Waals surface area contributed by atoms with Gasteiger partial charge in [-0.25, -0.2) is 0 Å². The first-order chi connectivity index (χ1) is 5.52. The number of carbonyl (C=O) groups is 3. The largest absolute Gasteiger partial charge is 0.329 e. The van der Waals surface area contributed by atoms with Crippen molar-refractivity contribution in [3.05, 3.63) is 11.8 Å². The molecule has 0 fully saturated rings. The standard InChI is InChI=1S/C8H9NO3/c1-4-3-6(11)7(5(2)10)8(12)9-4/h3,7H,1-2H3,(H,9,12). The number of hydrogen-bond donors (Lipinski definition) is 1. The minimum absolute atomic E-state index is 0.416. The van der Waals surface area contributed by atoms with Crippen molar-refractivity contribution in [3.8, 4) is 0 Å². The summed E-state index contributed by atoms with van der Waals surface area (Å²) in [6.45, 7) is 2.84. The molecule has 4 nitrogen and oxygen atoms in total. The maximum Gasteiger partial charge on any atom is 0.242 e. The zero-order valence-electron chi connectivity index (χ0n) is 6.88. The molecular weight excluding hydrogens is 158 g/mol. The molecule has 0 aliphatic carbocycles. The lowest BCUT2D eigenvalue weighted by Crippen LogP contribution is -2.41. The monoisotopic (exact) mass is 167 g/mol. The topological polar surface area (TPSA) is 63.2 Å². The highest BCUT2D eigenvalue weighted by molar-refractivity contribution is 6.23. The molecule has 4 heteroatoms. The summed E-state index contributed by atoms with van der Waals surface area (Å²) in [6.07, 6.45) is 1.27. The Morgan fingerprint density at radius 2 is 2.08 bits per heavy atom. The lowest BCUT2D eigenvalue weighted by molar-refractivity contribution is -0.138. The summed E-state index contributed by atoms with van der Waals surface area (Å²) in [7, 11) is 0. The van der Waals surface area contributed by atoms with Crippen LogP contribution in [-0.2, 0) is 14.4 Å². The van der Waals surface area contributed by atoms with Gasteiger partial charge in [0.2, 0.25) is 5.91 Å². The van der Waals surface area contributed by atoms with Gasteiger partial charge < -0.3 is 5.32 Å². The predicted molar refractivity (Wildman–Crippen MR) is 41.1 cm³/mol. The Morgan fingerprint density at radius 1 is 1.50 bits per heavy atom. The third-order valence-corrected chi connectivity index (χ3v) is 1.63. The summed E-state index contributed by atoms with van der Waals surface area (Å²) < 4.78 is 0. The SMILES string of the molecule is CC(=O)C1C(=O)C=C(C)NC1=O. The van der Waals surface area contributed by atoms with Crippen molar-refractivity contribution in [1.29, 1.82) is 0 Å². The third kappa shape index (κ3) is 1.42. The van der Waals surface area contributed by atoms with Crippen molar-refractivity contribution in [2.45, 2.75) is 13.8 Å². The molecule has 1 rings (SSSR count). The van der Waals surface area contributed by atoms with Crippen molar-refractivity contribution in [3.63, 3.8) is 0 Å². The van der Waals surface area contributed by atoms with E-state index >= 15 is 0 Å². The lowest BCUT2D eigenvalue weighted by Gasteiger charge is -2.16. The molecule has 1 heterocycles. The van der Waals surface area contributed by atoms with E-state index in [1.807, 2.05) is 0 Å². The van der Waals surface area contributed by atoms with Crippen molar-refractivity contribution in [1.82, 2.24) is 5.32 Å². The van der Waals surface area contributed by atoms with Gasteiger partial charge in [0, 0.05) is 11.8 Å². The van der Waals surface area contributed by atoms with Gasteiger partial charge in [-0.3, -0.25) is 14.4 Å². The second kappa shape index (κ2) is 2.89. The van der Waals surface area contributed by atoms with E-state index in [1.54, 1.807) is 6.92 Å². The van der Waals surface area contributed by atoms with E-state index in [4.69, 9.17) is 0 Å². The maximum atomic E-state index is 11.1. The van der Waals surface area contributed by atoms with Gasteiger partial charge in [-0.1, -0.05) is 0 Å². The number of amides is 1. The number of rotatable bonds is 1. The van der Waals surface area contributed by atoms with Crippen LogP contribution in [0.2, 0.25) is 0 Å². The highest BCUT2D eigenvalue weighted by Crippen LogP contribution is 2.09. The molecule has 1 aliphatic heterocycles. The first-order valence-corrected chi connectivity index (χ1v) is 3.56. The smallest absolute Gasteiger partial charge is 0.242 e. The van der Waals surface area contributed by atoms with Crippen molar-refractivity contribution >= 4 is 17.5 Å². The second-order valence-electron chi connectivity index (χ2n) is 2.76. The first-order valence-electron chi connectivity index (χ1n) is 3.56. The molecule has 0 bridgehead atoms. The van der Waals surface area contributed by atoms with E-state index in [2.05, 4.69) is 5.32 Å². The molecule has 0 spiro atoms. The summed E-state index contributed by atoms with van der Waals surface area (Å²) in [5.41, 5.74) is 0.488. The summed E-state index contributed by atoms with van der Waals surface area (Å²) in [4.78, 5) is 33.0. The molecule has 0 saturated carbocycles. The predicted octanol–water partition coefficient (Wildman–Crippen LogP) is -0.206. The van der Waals surface area contributed by atoms with Crippen LogP contribution in [0.4, 0.5) is 0 Å². The Morgan fingerprint density at radius 3 is 2.50 bits per heavy atom. The fourth-order valence-corrected chi connectivity index (χ4v) is 1.11. The van der Waals surface area contributed by atoms with E-state index in [0.29, 0.717) is 5.70 Å². The van der Waals surface area contributed by atoms with E-state index in [1.165, 1.54) is 13.0 Å². The van der Waals surface area contributed by atoms with Crippen molar-refractivity contribution in [2.75, 3.05) is 0 Å². The molecule has 64 valence electrons. The molecule has 0 aromatic carbocycles. The zero-order valence-corrected chi connectivity index (χ0v) is 6.88. The molecule has 0 aromatic heterocycles. The number of Topliss-reactive ketones (excluding diaryl/α,β-unsaturated/α-hetero) is 1. The van der Waals surface area contributed by atoms with Crippen LogP contribution in [-0.4, -0.2) is 17.5 Å². The minimum Gasteiger partial charge on any atom is -0.329 e. The third-order valence-electron chi connectivity index (χ3n) is 1.63. The Hall–Kier alpha value is -1.45. The van der Waals surface area contributed by atoms with Gasteiger partial charge in [0.25, 0.3) is 0 Å². The van der Waals surface area contributed by atoms with Crippen molar-refractivity contribution < 1.29 is 14.4 Å². The van der Waals surface area contributed by atoms with Gasteiger partial charge in [-0.15, -0.1) is 0 Å². The van der Waals surface area contributed by atoms with Gasteiger partial charge in [0.1, 0.15) is 5.78 Å². The molecular formula is C8H9NO3. The highest BCUT2D eigenvalue weighted by Gasteiger charge is 2.32. The normalized spacial score (nSPS) is 23.2. The van der Waals surface area contributed by atoms with Gasteiger partial charge >= 0.3 is 0 Å². The molecule has 1 atom stereocenters. The van der Waals surface area contributed by atoms with Gasteiger partial charge in [0.05, 0.1) is 0 Å². The van der Waals surface area contributed by atoms with Crippen LogP contribution in [0.1, 0.15) is 13.8 Å². The van der Waals surface area contributed by atoms with Gasteiger partial charge in [0.15, 0.2) is 11.7 Å². The van der Waals surface area contributed by atoms with E-state index in [9.17, 15) is 14.4 Å². The number of nitrogens with one attached hydrogen (secondary N) is 1. The fourth-order valence-electron chi connectivity index (χ4n) is 1.11. The molecule has 0 saturated heterocycles. The maximum absolute atomic E-state index is 11.1. The van der Waals surface area contributed by atoms with Crippen LogP contribution >= 0.6 is 0 Å². The zero-order chi connectivity index (χ0) is 9.30. The fraction of sp³-hybridized carbons (Fsp3) is 0.375. The Bertz CT molecular complexity index is 291. The number of hydrogen-bond acceptors (Lipinski definition) is 3. The van der Waals surface area contributed by atoms with E-state index < -0.39 is 23.4 Å². The van der Waals surface area contributed by atoms with Crippen molar-refractivity contribution in [2.24, 2.45) is 5.92 Å². The summed E-state index contributed by atoms with van der Waals surface area (Å²) >= 11 is 0. The first kappa shape index (κ1) is 8.64. The van der Waals surface area contributed by atoms with E-state index in [0.717, 1.165) is 0 Å².